The topological polar surface area (TPSA) is 89.6 Å². The quantitative estimate of drug-likeness (QED) is 0.590. The highest BCUT2D eigenvalue weighted by Gasteiger charge is 2.40. The Morgan fingerprint density at radius 1 is 1.22 bits per heavy atom. The summed E-state index contributed by atoms with van der Waals surface area (Å²) in [6.07, 6.45) is 0.569. The average Bonchev–Trinajstić information content (AvgIpc) is 3.35. The molecule has 2 aromatic heterocycles. The molecule has 1 aromatic carbocycles. The Morgan fingerprint density at radius 2 is 2.00 bits per heavy atom. The van der Waals surface area contributed by atoms with E-state index in [0.29, 0.717) is 18.8 Å². The number of para-hydroxylation sites is 1. The molecular formula is C24H30N4O4. The molecule has 1 aliphatic heterocycles. The lowest BCUT2D eigenvalue weighted by Crippen LogP contribution is -2.37. The van der Waals surface area contributed by atoms with Crippen LogP contribution in [-0.4, -0.2) is 58.8 Å². The SMILES string of the molecule is COCOc1ccccc1-c1cc2cc(C3(C)CCN(C(=O)OC(C)(C)C)C3)[nH]c2nn1. The zero-order chi connectivity index (χ0) is 22.9. The van der Waals surface area contributed by atoms with E-state index in [1.54, 1.807) is 12.0 Å². The fraction of sp³-hybridized carbons (Fsp3) is 0.458. The van der Waals surface area contributed by atoms with Gasteiger partial charge in [0.25, 0.3) is 0 Å². The third-order valence-electron chi connectivity index (χ3n) is 5.65. The van der Waals surface area contributed by atoms with Gasteiger partial charge >= 0.3 is 6.09 Å². The zero-order valence-corrected chi connectivity index (χ0v) is 19.3. The van der Waals surface area contributed by atoms with E-state index < -0.39 is 5.60 Å². The Kier molecular flexibility index (Phi) is 5.81. The molecule has 0 spiro atoms. The number of likely N-dealkylation sites (tertiary alicyclic amines) is 1. The normalized spacial score (nSPS) is 18.8. The molecule has 3 heterocycles. The smallest absolute Gasteiger partial charge is 0.410 e. The largest absolute Gasteiger partial charge is 0.467 e. The van der Waals surface area contributed by atoms with Crippen LogP contribution in [-0.2, 0) is 14.9 Å². The highest BCUT2D eigenvalue weighted by molar-refractivity contribution is 5.82. The van der Waals surface area contributed by atoms with Crippen molar-refractivity contribution in [3.05, 3.63) is 42.1 Å². The highest BCUT2D eigenvalue weighted by Crippen LogP contribution is 2.36. The minimum Gasteiger partial charge on any atom is -0.467 e. The van der Waals surface area contributed by atoms with Crippen LogP contribution < -0.4 is 4.74 Å². The average molecular weight is 439 g/mol. The fourth-order valence-electron chi connectivity index (χ4n) is 3.98. The van der Waals surface area contributed by atoms with E-state index in [1.807, 2.05) is 51.1 Å². The van der Waals surface area contributed by atoms with Gasteiger partial charge in [0, 0.05) is 42.3 Å². The zero-order valence-electron chi connectivity index (χ0n) is 19.3. The van der Waals surface area contributed by atoms with Crippen molar-refractivity contribution in [2.24, 2.45) is 0 Å². The Labute approximate surface area is 187 Å². The van der Waals surface area contributed by atoms with Gasteiger partial charge in [0.1, 0.15) is 11.4 Å². The number of carbonyl (C=O) groups excluding carboxylic acids is 1. The number of hydrogen-bond acceptors (Lipinski definition) is 6. The summed E-state index contributed by atoms with van der Waals surface area (Å²) in [5.74, 6) is 0.689. The number of hydrogen-bond donors (Lipinski definition) is 1. The van der Waals surface area contributed by atoms with E-state index in [9.17, 15) is 4.79 Å². The van der Waals surface area contributed by atoms with Crippen LogP contribution in [0.5, 0.6) is 5.75 Å². The van der Waals surface area contributed by atoms with Crippen molar-refractivity contribution < 1.29 is 19.0 Å². The van der Waals surface area contributed by atoms with Gasteiger partial charge in [0.15, 0.2) is 12.4 Å². The van der Waals surface area contributed by atoms with Gasteiger partial charge in [-0.2, -0.15) is 0 Å². The molecule has 8 nitrogen and oxygen atoms in total. The van der Waals surface area contributed by atoms with E-state index in [0.717, 1.165) is 34.4 Å². The second kappa shape index (κ2) is 8.43. The lowest BCUT2D eigenvalue weighted by molar-refractivity contribution is 0.0285. The lowest BCUT2D eigenvalue weighted by atomic mass is 9.86. The van der Waals surface area contributed by atoms with Gasteiger partial charge in [-0.3, -0.25) is 0 Å². The third kappa shape index (κ3) is 4.55. The van der Waals surface area contributed by atoms with Crippen molar-refractivity contribution in [1.29, 1.82) is 0 Å². The molecule has 32 heavy (non-hydrogen) atoms. The molecule has 170 valence electrons. The number of carbonyl (C=O) groups is 1. The van der Waals surface area contributed by atoms with Crippen molar-refractivity contribution in [1.82, 2.24) is 20.1 Å². The Morgan fingerprint density at radius 3 is 2.75 bits per heavy atom. The minimum absolute atomic E-state index is 0.160. The molecule has 1 N–H and O–H groups in total. The van der Waals surface area contributed by atoms with Gasteiger partial charge in [-0.15, -0.1) is 10.2 Å². The number of aromatic nitrogens is 3. The standard InChI is InChI=1S/C24H30N4O4/c1-23(2,3)32-22(29)28-11-10-24(4,14-28)20-13-16-12-18(26-27-21(16)25-20)17-8-6-7-9-19(17)31-15-30-5/h6-9,12-13H,10-11,14-15H2,1-5H3,(H,25,27). The Bertz CT molecular complexity index is 1120. The molecule has 1 unspecified atom stereocenters. The molecule has 0 bridgehead atoms. The molecule has 4 rings (SSSR count). The van der Waals surface area contributed by atoms with Crippen LogP contribution >= 0.6 is 0 Å². The first kappa shape index (κ1) is 22.1. The van der Waals surface area contributed by atoms with Gasteiger partial charge in [-0.05, 0) is 51.5 Å². The summed E-state index contributed by atoms with van der Waals surface area (Å²) in [6.45, 7) is 9.20. The molecule has 1 atom stereocenters. The molecule has 8 heteroatoms. The van der Waals surface area contributed by atoms with E-state index in [-0.39, 0.29) is 18.3 Å². The number of ether oxygens (including phenoxy) is 3. The molecule has 1 aliphatic rings. The molecular weight excluding hydrogens is 408 g/mol. The highest BCUT2D eigenvalue weighted by atomic mass is 16.7. The van der Waals surface area contributed by atoms with Crippen molar-refractivity contribution in [3.8, 4) is 17.0 Å². The van der Waals surface area contributed by atoms with Crippen LogP contribution in [0.1, 0.15) is 39.8 Å². The predicted molar refractivity (Wildman–Crippen MR) is 122 cm³/mol. The summed E-state index contributed by atoms with van der Waals surface area (Å²) in [7, 11) is 1.59. The van der Waals surface area contributed by atoms with Crippen LogP contribution in [0.3, 0.4) is 0 Å². The molecule has 0 aliphatic carbocycles. The molecule has 1 saturated heterocycles. The molecule has 1 fully saturated rings. The second-order valence-corrected chi connectivity index (χ2v) is 9.48. The van der Waals surface area contributed by atoms with Gasteiger partial charge in [0.05, 0.1) is 5.69 Å². The molecule has 1 amide bonds. The lowest BCUT2D eigenvalue weighted by Gasteiger charge is -2.26. The van der Waals surface area contributed by atoms with Crippen LogP contribution in [0.4, 0.5) is 4.79 Å². The van der Waals surface area contributed by atoms with Gasteiger partial charge < -0.3 is 24.1 Å². The molecule has 0 radical (unpaired) electrons. The fourth-order valence-corrected chi connectivity index (χ4v) is 3.98. The first-order valence-corrected chi connectivity index (χ1v) is 10.7. The summed E-state index contributed by atoms with van der Waals surface area (Å²) in [5, 5.41) is 9.77. The van der Waals surface area contributed by atoms with Crippen molar-refractivity contribution in [3.63, 3.8) is 0 Å². The predicted octanol–water partition coefficient (Wildman–Crippen LogP) is 4.51. The number of methoxy groups -OCH3 is 1. The van der Waals surface area contributed by atoms with E-state index in [2.05, 4.69) is 28.2 Å². The van der Waals surface area contributed by atoms with Gasteiger partial charge in [-0.25, -0.2) is 4.79 Å². The summed E-state index contributed by atoms with van der Waals surface area (Å²) in [4.78, 5) is 17.7. The van der Waals surface area contributed by atoms with Gasteiger partial charge in [-0.1, -0.05) is 19.1 Å². The first-order valence-electron chi connectivity index (χ1n) is 10.7. The number of amides is 1. The number of benzene rings is 1. The van der Waals surface area contributed by atoms with Crippen LogP contribution in [0.2, 0.25) is 0 Å². The Balaban J connectivity index is 1.59. The maximum absolute atomic E-state index is 12.5. The van der Waals surface area contributed by atoms with Crippen molar-refractivity contribution in [2.75, 3.05) is 27.0 Å². The maximum Gasteiger partial charge on any atom is 0.410 e. The summed E-state index contributed by atoms with van der Waals surface area (Å²) in [6, 6.07) is 11.8. The Hall–Kier alpha value is -3.13. The summed E-state index contributed by atoms with van der Waals surface area (Å²) in [5.41, 5.74) is 2.61. The number of H-pyrrole nitrogens is 1. The van der Waals surface area contributed by atoms with Crippen LogP contribution in [0, 0.1) is 0 Å². The number of fused-ring (bicyclic) bond motifs is 1. The van der Waals surface area contributed by atoms with Crippen LogP contribution in [0.25, 0.3) is 22.3 Å². The number of nitrogens with zero attached hydrogens (tertiary/aromatic N) is 3. The third-order valence-corrected chi connectivity index (χ3v) is 5.65. The summed E-state index contributed by atoms with van der Waals surface area (Å²) >= 11 is 0. The number of aromatic amines is 1. The maximum atomic E-state index is 12.5. The van der Waals surface area contributed by atoms with E-state index >= 15 is 0 Å². The van der Waals surface area contributed by atoms with Crippen LogP contribution in [0.15, 0.2) is 36.4 Å². The van der Waals surface area contributed by atoms with E-state index in [4.69, 9.17) is 14.2 Å². The summed E-state index contributed by atoms with van der Waals surface area (Å²) < 4.78 is 16.3. The van der Waals surface area contributed by atoms with Gasteiger partial charge in [0.2, 0.25) is 0 Å². The monoisotopic (exact) mass is 438 g/mol. The van der Waals surface area contributed by atoms with Crippen molar-refractivity contribution in [2.45, 2.75) is 45.1 Å². The van der Waals surface area contributed by atoms with E-state index in [1.165, 1.54) is 0 Å². The second-order valence-electron chi connectivity index (χ2n) is 9.48. The molecule has 0 saturated carbocycles. The number of nitrogens with one attached hydrogen (secondary N) is 1. The number of rotatable bonds is 5. The minimum atomic E-state index is -0.508. The first-order chi connectivity index (χ1) is 15.2. The molecule has 3 aromatic rings. The van der Waals surface area contributed by atoms with Crippen molar-refractivity contribution >= 4 is 17.1 Å².